The lowest BCUT2D eigenvalue weighted by molar-refractivity contribution is 0.0892. The molecule has 0 saturated carbocycles. The van der Waals surface area contributed by atoms with Crippen LogP contribution in [-0.4, -0.2) is 37.4 Å². The van der Waals surface area contributed by atoms with Crippen LogP contribution in [-0.2, 0) is 0 Å². The zero-order valence-electron chi connectivity index (χ0n) is 13.0. The summed E-state index contributed by atoms with van der Waals surface area (Å²) in [7, 11) is 1.66. The number of rotatable bonds is 4. The summed E-state index contributed by atoms with van der Waals surface area (Å²) in [4.78, 5) is 14.9. The molecule has 3 nitrogen and oxygen atoms in total. The van der Waals surface area contributed by atoms with Gasteiger partial charge < -0.3 is 4.74 Å². The van der Waals surface area contributed by atoms with E-state index in [1.54, 1.807) is 7.11 Å². The largest absolute Gasteiger partial charge is 0.497 e. The number of Topliss-reactive ketones (excluding diaryl/α,β-unsaturated/α-hetero) is 1. The van der Waals surface area contributed by atoms with Gasteiger partial charge in [0.15, 0.2) is 5.78 Å². The maximum atomic E-state index is 12.6. The van der Waals surface area contributed by atoms with Crippen LogP contribution in [0.5, 0.6) is 5.75 Å². The molecule has 1 saturated heterocycles. The number of ketones is 1. The van der Waals surface area contributed by atoms with Crippen LogP contribution in [0.15, 0.2) is 12.1 Å². The minimum absolute atomic E-state index is 0.233. The van der Waals surface area contributed by atoms with Crippen molar-refractivity contribution in [1.29, 1.82) is 0 Å². The number of likely N-dealkylation sites (tertiary alicyclic amines) is 1. The molecule has 0 radical (unpaired) electrons. The predicted molar refractivity (Wildman–Crippen MR) is 81.6 cm³/mol. The Bertz CT molecular complexity index is 473. The predicted octanol–water partition coefficient (Wildman–Crippen LogP) is 3.23. The SMILES string of the molecule is COc1cc(C)c(C(=O)CN2CCCC(C)C2)c(C)c1. The van der Waals surface area contributed by atoms with Gasteiger partial charge >= 0.3 is 0 Å². The fourth-order valence-corrected chi connectivity index (χ4v) is 3.19. The lowest BCUT2D eigenvalue weighted by atomic mass is 9.96. The van der Waals surface area contributed by atoms with E-state index in [1.165, 1.54) is 12.8 Å². The Hall–Kier alpha value is -1.35. The first-order chi connectivity index (χ1) is 9.51. The molecule has 20 heavy (non-hydrogen) atoms. The molecule has 0 aromatic heterocycles. The molecule has 0 N–H and O–H groups in total. The zero-order valence-corrected chi connectivity index (χ0v) is 13.0. The monoisotopic (exact) mass is 275 g/mol. The molecule has 110 valence electrons. The molecule has 1 aromatic rings. The summed E-state index contributed by atoms with van der Waals surface area (Å²) in [6.45, 7) is 8.87. The lowest BCUT2D eigenvalue weighted by Crippen LogP contribution is -2.38. The number of nitrogens with zero attached hydrogens (tertiary/aromatic N) is 1. The first kappa shape index (κ1) is 15.0. The summed E-state index contributed by atoms with van der Waals surface area (Å²) in [5, 5.41) is 0. The van der Waals surface area contributed by atoms with Crippen molar-refractivity contribution in [3.8, 4) is 5.75 Å². The van der Waals surface area contributed by atoms with E-state index in [1.807, 2.05) is 26.0 Å². The van der Waals surface area contributed by atoms with Crippen LogP contribution in [0.25, 0.3) is 0 Å². The van der Waals surface area contributed by atoms with Gasteiger partial charge in [-0.1, -0.05) is 6.92 Å². The van der Waals surface area contributed by atoms with Gasteiger partial charge in [-0.05, 0) is 62.4 Å². The number of ether oxygens (including phenoxy) is 1. The molecule has 1 heterocycles. The van der Waals surface area contributed by atoms with E-state index < -0.39 is 0 Å². The quantitative estimate of drug-likeness (QED) is 0.790. The van der Waals surface area contributed by atoms with Crippen molar-refractivity contribution in [1.82, 2.24) is 4.90 Å². The Kier molecular flexibility index (Phi) is 4.81. The number of hydrogen-bond donors (Lipinski definition) is 0. The number of piperidine rings is 1. The summed E-state index contributed by atoms with van der Waals surface area (Å²) in [6, 6.07) is 3.89. The molecule has 3 heteroatoms. The van der Waals surface area contributed by atoms with E-state index in [0.29, 0.717) is 12.5 Å². The van der Waals surface area contributed by atoms with E-state index in [0.717, 1.165) is 35.5 Å². The van der Waals surface area contributed by atoms with E-state index in [4.69, 9.17) is 4.74 Å². The second-order valence-corrected chi connectivity index (χ2v) is 6.04. The number of hydrogen-bond acceptors (Lipinski definition) is 3. The van der Waals surface area contributed by atoms with Gasteiger partial charge in [-0.2, -0.15) is 0 Å². The van der Waals surface area contributed by atoms with E-state index in [9.17, 15) is 4.79 Å². The third kappa shape index (κ3) is 3.40. The first-order valence-electron chi connectivity index (χ1n) is 7.42. The summed E-state index contributed by atoms with van der Waals surface area (Å²) < 4.78 is 5.25. The molecular formula is C17H25NO2. The van der Waals surface area contributed by atoms with Gasteiger partial charge in [-0.25, -0.2) is 0 Å². The van der Waals surface area contributed by atoms with Crippen LogP contribution in [0.2, 0.25) is 0 Å². The van der Waals surface area contributed by atoms with Gasteiger partial charge in [-0.15, -0.1) is 0 Å². The number of carbonyl (C=O) groups excluding carboxylic acids is 1. The van der Waals surface area contributed by atoms with Gasteiger partial charge in [0.2, 0.25) is 0 Å². The van der Waals surface area contributed by atoms with Gasteiger partial charge in [-0.3, -0.25) is 9.69 Å². The fraction of sp³-hybridized carbons (Fsp3) is 0.588. The summed E-state index contributed by atoms with van der Waals surface area (Å²) in [6.07, 6.45) is 2.49. The molecule has 1 aromatic carbocycles. The molecule has 1 unspecified atom stereocenters. The standard InChI is InChI=1S/C17H25NO2/c1-12-6-5-7-18(10-12)11-16(19)17-13(2)8-15(20-4)9-14(17)3/h8-9,12H,5-7,10-11H2,1-4H3. The van der Waals surface area contributed by atoms with Gasteiger partial charge in [0.25, 0.3) is 0 Å². The topological polar surface area (TPSA) is 29.5 Å². The number of carbonyl (C=O) groups is 1. The lowest BCUT2D eigenvalue weighted by Gasteiger charge is -2.30. The third-order valence-corrected chi connectivity index (χ3v) is 4.13. The third-order valence-electron chi connectivity index (χ3n) is 4.13. The maximum Gasteiger partial charge on any atom is 0.177 e. The van der Waals surface area contributed by atoms with Crippen molar-refractivity contribution < 1.29 is 9.53 Å². The molecule has 1 atom stereocenters. The smallest absolute Gasteiger partial charge is 0.177 e. The minimum Gasteiger partial charge on any atom is -0.497 e. The highest BCUT2D eigenvalue weighted by molar-refractivity contribution is 6.00. The highest BCUT2D eigenvalue weighted by Gasteiger charge is 2.21. The van der Waals surface area contributed by atoms with Crippen molar-refractivity contribution in [2.75, 3.05) is 26.7 Å². The fourth-order valence-electron chi connectivity index (χ4n) is 3.19. The van der Waals surface area contributed by atoms with Crippen LogP contribution in [0, 0.1) is 19.8 Å². The molecule has 1 fully saturated rings. The van der Waals surface area contributed by atoms with Crippen molar-refractivity contribution in [3.63, 3.8) is 0 Å². The summed E-state index contributed by atoms with van der Waals surface area (Å²) in [5.41, 5.74) is 2.89. The number of aryl methyl sites for hydroxylation is 2. The normalized spacial score (nSPS) is 19.9. The minimum atomic E-state index is 0.233. The molecule has 2 rings (SSSR count). The first-order valence-corrected chi connectivity index (χ1v) is 7.42. The second kappa shape index (κ2) is 6.40. The molecule has 0 amide bonds. The van der Waals surface area contributed by atoms with Crippen LogP contribution in [0.3, 0.4) is 0 Å². The molecule has 0 bridgehead atoms. The van der Waals surface area contributed by atoms with Crippen molar-refractivity contribution in [3.05, 3.63) is 28.8 Å². The molecule has 0 aliphatic carbocycles. The Morgan fingerprint density at radius 2 is 2.00 bits per heavy atom. The van der Waals surface area contributed by atoms with Crippen LogP contribution in [0.4, 0.5) is 0 Å². The second-order valence-electron chi connectivity index (χ2n) is 6.04. The highest BCUT2D eigenvalue weighted by atomic mass is 16.5. The van der Waals surface area contributed by atoms with Gasteiger partial charge in [0.05, 0.1) is 13.7 Å². The summed E-state index contributed by atoms with van der Waals surface area (Å²) >= 11 is 0. The van der Waals surface area contributed by atoms with E-state index in [2.05, 4.69) is 11.8 Å². The Morgan fingerprint density at radius 1 is 1.35 bits per heavy atom. The van der Waals surface area contributed by atoms with Crippen molar-refractivity contribution >= 4 is 5.78 Å². The Morgan fingerprint density at radius 3 is 2.55 bits per heavy atom. The van der Waals surface area contributed by atoms with Gasteiger partial charge in [0, 0.05) is 12.1 Å². The van der Waals surface area contributed by atoms with Crippen molar-refractivity contribution in [2.24, 2.45) is 5.92 Å². The van der Waals surface area contributed by atoms with Crippen LogP contribution >= 0.6 is 0 Å². The Labute approximate surface area is 121 Å². The average Bonchev–Trinajstić information content (AvgIpc) is 2.37. The molecular weight excluding hydrogens is 250 g/mol. The number of methoxy groups -OCH3 is 1. The Balaban J connectivity index is 2.13. The zero-order chi connectivity index (χ0) is 14.7. The van der Waals surface area contributed by atoms with Crippen molar-refractivity contribution in [2.45, 2.75) is 33.6 Å². The molecule has 1 aliphatic heterocycles. The molecule has 0 spiro atoms. The van der Waals surface area contributed by atoms with E-state index >= 15 is 0 Å². The van der Waals surface area contributed by atoms with Crippen LogP contribution < -0.4 is 4.74 Å². The highest BCUT2D eigenvalue weighted by Crippen LogP contribution is 2.23. The summed E-state index contributed by atoms with van der Waals surface area (Å²) in [5.74, 6) is 1.76. The molecule has 1 aliphatic rings. The van der Waals surface area contributed by atoms with Crippen LogP contribution in [0.1, 0.15) is 41.3 Å². The average molecular weight is 275 g/mol. The maximum absolute atomic E-state index is 12.6. The van der Waals surface area contributed by atoms with Gasteiger partial charge in [0.1, 0.15) is 5.75 Å². The van der Waals surface area contributed by atoms with E-state index in [-0.39, 0.29) is 5.78 Å². The number of benzene rings is 1.